The zero-order valence-electron chi connectivity index (χ0n) is 11.1. The summed E-state index contributed by atoms with van der Waals surface area (Å²) >= 11 is 0. The molecule has 0 saturated heterocycles. The number of hydrogen-bond acceptors (Lipinski definition) is 3. The van der Waals surface area contributed by atoms with Crippen LogP contribution in [-0.2, 0) is 11.2 Å². The number of benzene rings is 1. The Hall–Kier alpha value is -1.35. The lowest BCUT2D eigenvalue weighted by Gasteiger charge is -2.32. The van der Waals surface area contributed by atoms with Gasteiger partial charge in [0.05, 0.1) is 0 Å². The fourth-order valence-electron chi connectivity index (χ4n) is 2.03. The Kier molecular flexibility index (Phi) is 4.02. The molecule has 0 aliphatic heterocycles. The van der Waals surface area contributed by atoms with E-state index in [0.717, 1.165) is 24.2 Å². The Morgan fingerprint density at radius 3 is 2.78 bits per heavy atom. The Morgan fingerprint density at radius 2 is 2.17 bits per heavy atom. The summed E-state index contributed by atoms with van der Waals surface area (Å²) in [6.45, 7) is 3.86. The first-order valence-corrected chi connectivity index (χ1v) is 6.58. The lowest BCUT2D eigenvalue weighted by molar-refractivity contribution is -0.121. The highest BCUT2D eigenvalue weighted by Crippen LogP contribution is 2.25. The first-order valence-electron chi connectivity index (χ1n) is 6.58. The maximum Gasteiger partial charge on any atom is 0.139 e. The van der Waals surface area contributed by atoms with Gasteiger partial charge in [0.1, 0.15) is 17.6 Å². The monoisotopic (exact) mass is 247 g/mol. The third kappa shape index (κ3) is 3.33. The van der Waals surface area contributed by atoms with Crippen LogP contribution in [0.15, 0.2) is 24.3 Å². The molecule has 1 aromatic carbocycles. The second-order valence-corrected chi connectivity index (χ2v) is 5.42. The summed E-state index contributed by atoms with van der Waals surface area (Å²) in [6.07, 6.45) is 2.58. The number of ketones is 1. The van der Waals surface area contributed by atoms with Crippen LogP contribution >= 0.6 is 0 Å². The molecule has 98 valence electrons. The number of nitrogens with two attached hydrogens (primary N) is 1. The van der Waals surface area contributed by atoms with Crippen molar-refractivity contribution in [2.45, 2.75) is 45.3 Å². The molecule has 2 N–H and O–H groups in total. The van der Waals surface area contributed by atoms with E-state index in [1.807, 2.05) is 38.1 Å². The molecule has 1 aromatic rings. The average Bonchev–Trinajstić information content (AvgIpc) is 2.27. The molecule has 3 nitrogen and oxygen atoms in total. The number of rotatable bonds is 5. The minimum absolute atomic E-state index is 0.0826. The normalized spacial score (nSPS) is 22.7. The number of hydrogen-bond donors (Lipinski definition) is 1. The number of carbonyl (C=O) groups is 1. The highest BCUT2D eigenvalue weighted by Gasteiger charge is 2.27. The van der Waals surface area contributed by atoms with E-state index in [0.29, 0.717) is 12.5 Å². The predicted octanol–water partition coefficient (Wildman–Crippen LogP) is 2.32. The lowest BCUT2D eigenvalue weighted by Crippen LogP contribution is -2.43. The van der Waals surface area contributed by atoms with Crippen molar-refractivity contribution in [1.82, 2.24) is 0 Å². The molecule has 0 radical (unpaired) electrons. The maximum absolute atomic E-state index is 11.7. The topological polar surface area (TPSA) is 52.3 Å². The van der Waals surface area contributed by atoms with Crippen molar-refractivity contribution in [1.29, 1.82) is 0 Å². The highest BCUT2D eigenvalue weighted by atomic mass is 16.5. The van der Waals surface area contributed by atoms with Gasteiger partial charge in [-0.2, -0.15) is 0 Å². The maximum atomic E-state index is 11.7. The van der Waals surface area contributed by atoms with E-state index in [1.54, 1.807) is 0 Å². The Labute approximate surface area is 108 Å². The molecular formula is C15H21NO2. The van der Waals surface area contributed by atoms with Crippen LogP contribution in [0.3, 0.4) is 0 Å². The van der Waals surface area contributed by atoms with E-state index in [1.165, 1.54) is 0 Å². The van der Waals surface area contributed by atoms with Crippen molar-refractivity contribution in [2.75, 3.05) is 0 Å². The van der Waals surface area contributed by atoms with Crippen molar-refractivity contribution in [3.63, 3.8) is 0 Å². The summed E-state index contributed by atoms with van der Waals surface area (Å²) in [5.74, 6) is 1.19. The van der Waals surface area contributed by atoms with E-state index < -0.39 is 0 Å². The van der Waals surface area contributed by atoms with Crippen molar-refractivity contribution in [3.05, 3.63) is 29.8 Å². The lowest BCUT2D eigenvalue weighted by atomic mass is 9.90. The molecule has 3 heteroatoms. The summed E-state index contributed by atoms with van der Waals surface area (Å²) in [6, 6.07) is 8.11. The molecule has 0 atom stereocenters. The molecule has 0 amide bonds. The molecular weight excluding hydrogens is 226 g/mol. The first kappa shape index (κ1) is 13.1. The molecule has 0 spiro atoms. The van der Waals surface area contributed by atoms with Crippen LogP contribution in [0.1, 0.15) is 32.3 Å². The van der Waals surface area contributed by atoms with Crippen LogP contribution in [0, 0.1) is 5.92 Å². The van der Waals surface area contributed by atoms with Crippen LogP contribution in [0.5, 0.6) is 5.75 Å². The molecule has 0 bridgehead atoms. The zero-order chi connectivity index (χ0) is 13.1. The molecule has 0 aromatic heterocycles. The quantitative estimate of drug-likeness (QED) is 0.868. The van der Waals surface area contributed by atoms with Gasteiger partial charge in [-0.3, -0.25) is 4.79 Å². The van der Waals surface area contributed by atoms with Gasteiger partial charge in [0, 0.05) is 18.4 Å². The van der Waals surface area contributed by atoms with Gasteiger partial charge in [-0.25, -0.2) is 0 Å². The summed E-state index contributed by atoms with van der Waals surface area (Å²) < 4.78 is 5.81. The summed E-state index contributed by atoms with van der Waals surface area (Å²) in [7, 11) is 0. The number of carbonyl (C=O) groups excluding carboxylic acids is 1. The van der Waals surface area contributed by atoms with E-state index in [9.17, 15) is 4.79 Å². The van der Waals surface area contributed by atoms with E-state index >= 15 is 0 Å². The molecule has 1 fully saturated rings. The largest absolute Gasteiger partial charge is 0.490 e. The third-order valence-corrected chi connectivity index (χ3v) is 3.35. The van der Waals surface area contributed by atoms with Gasteiger partial charge in [-0.05, 0) is 30.5 Å². The molecule has 18 heavy (non-hydrogen) atoms. The van der Waals surface area contributed by atoms with E-state index in [4.69, 9.17) is 10.5 Å². The van der Waals surface area contributed by atoms with Crippen LogP contribution in [-0.4, -0.2) is 17.9 Å². The van der Waals surface area contributed by atoms with E-state index in [-0.39, 0.29) is 17.8 Å². The molecule has 2 rings (SSSR count). The third-order valence-electron chi connectivity index (χ3n) is 3.35. The van der Waals surface area contributed by atoms with Crippen LogP contribution < -0.4 is 10.5 Å². The summed E-state index contributed by atoms with van der Waals surface area (Å²) in [5.41, 5.74) is 6.75. The average molecular weight is 247 g/mol. The van der Waals surface area contributed by atoms with Gasteiger partial charge in [-0.1, -0.05) is 26.0 Å². The van der Waals surface area contributed by atoms with Gasteiger partial charge >= 0.3 is 0 Å². The minimum Gasteiger partial charge on any atom is -0.490 e. The second-order valence-electron chi connectivity index (χ2n) is 5.42. The molecule has 1 saturated carbocycles. The van der Waals surface area contributed by atoms with E-state index in [2.05, 4.69) is 0 Å². The Morgan fingerprint density at radius 1 is 1.44 bits per heavy atom. The molecule has 1 aliphatic rings. The van der Waals surface area contributed by atoms with Crippen LogP contribution in [0.4, 0.5) is 0 Å². The standard InChI is InChI=1S/C15H21NO2/c1-10(2)15(17)7-11-4-3-5-13(6-11)18-14-8-12(16)9-14/h3-6,10,12,14H,7-9,16H2,1-2H3. The van der Waals surface area contributed by atoms with Crippen molar-refractivity contribution in [3.8, 4) is 5.75 Å². The predicted molar refractivity (Wildman–Crippen MR) is 71.6 cm³/mol. The van der Waals surface area contributed by atoms with Gasteiger partial charge in [0.25, 0.3) is 0 Å². The van der Waals surface area contributed by atoms with Gasteiger partial charge in [-0.15, -0.1) is 0 Å². The zero-order valence-corrected chi connectivity index (χ0v) is 11.1. The second kappa shape index (κ2) is 5.53. The smallest absolute Gasteiger partial charge is 0.139 e. The molecule has 0 heterocycles. The van der Waals surface area contributed by atoms with Gasteiger partial charge < -0.3 is 10.5 Å². The molecule has 1 aliphatic carbocycles. The number of ether oxygens (including phenoxy) is 1. The summed E-state index contributed by atoms with van der Waals surface area (Å²) in [5, 5.41) is 0. The highest BCUT2D eigenvalue weighted by molar-refractivity contribution is 5.82. The number of Topliss-reactive ketones (excluding diaryl/α,β-unsaturated/α-hetero) is 1. The molecule has 0 unspecified atom stereocenters. The first-order chi connectivity index (χ1) is 8.54. The van der Waals surface area contributed by atoms with Crippen LogP contribution in [0.2, 0.25) is 0 Å². The Balaban J connectivity index is 1.94. The SMILES string of the molecule is CC(C)C(=O)Cc1cccc(OC2CC(N)C2)c1. The van der Waals surface area contributed by atoms with Gasteiger partial charge in [0.15, 0.2) is 0 Å². The fraction of sp³-hybridized carbons (Fsp3) is 0.533. The van der Waals surface area contributed by atoms with Crippen molar-refractivity contribution < 1.29 is 9.53 Å². The van der Waals surface area contributed by atoms with Crippen LogP contribution in [0.25, 0.3) is 0 Å². The van der Waals surface area contributed by atoms with Crippen molar-refractivity contribution >= 4 is 5.78 Å². The summed E-state index contributed by atoms with van der Waals surface area (Å²) in [4.78, 5) is 11.7. The van der Waals surface area contributed by atoms with Crippen molar-refractivity contribution in [2.24, 2.45) is 11.7 Å². The minimum atomic E-state index is 0.0826. The van der Waals surface area contributed by atoms with Gasteiger partial charge in [0.2, 0.25) is 0 Å². The fourth-order valence-corrected chi connectivity index (χ4v) is 2.03. The Bertz CT molecular complexity index is 422.